The second-order valence-corrected chi connectivity index (χ2v) is 5.50. The van der Waals surface area contributed by atoms with Crippen molar-refractivity contribution in [3.05, 3.63) is 25.0 Å². The Kier molecular flexibility index (Phi) is 2.20. The van der Waals surface area contributed by atoms with Crippen LogP contribution in [0.25, 0.3) is 0 Å². The molecular formula is C14H18O2. The van der Waals surface area contributed by atoms with Crippen LogP contribution in [0.2, 0.25) is 0 Å². The summed E-state index contributed by atoms with van der Waals surface area (Å²) in [7, 11) is 0. The van der Waals surface area contributed by atoms with Crippen molar-refractivity contribution in [3.63, 3.8) is 0 Å². The van der Waals surface area contributed by atoms with Gasteiger partial charge < -0.3 is 4.74 Å². The summed E-state index contributed by atoms with van der Waals surface area (Å²) in [6.07, 6.45) is 4.63. The van der Waals surface area contributed by atoms with E-state index < -0.39 is 0 Å². The molecule has 0 amide bonds. The predicted octanol–water partition coefficient (Wildman–Crippen LogP) is 2.56. The normalized spacial score (nSPS) is 44.2. The zero-order valence-electron chi connectivity index (χ0n) is 9.52. The van der Waals surface area contributed by atoms with Crippen LogP contribution < -0.4 is 0 Å². The van der Waals surface area contributed by atoms with Gasteiger partial charge >= 0.3 is 0 Å². The minimum Gasteiger partial charge on any atom is -0.498 e. The van der Waals surface area contributed by atoms with E-state index in [4.69, 9.17) is 4.74 Å². The first kappa shape index (κ1) is 10.1. The molecule has 2 bridgehead atoms. The third-order valence-corrected chi connectivity index (χ3v) is 4.83. The summed E-state index contributed by atoms with van der Waals surface area (Å²) < 4.78 is 5.58. The summed E-state index contributed by atoms with van der Waals surface area (Å²) in [5.74, 6) is 4.45. The Bertz CT molecular complexity index is 358. The molecule has 0 radical (unpaired) electrons. The molecule has 1 aliphatic heterocycles. The van der Waals surface area contributed by atoms with Crippen LogP contribution in [0.3, 0.4) is 0 Å². The number of ketones is 1. The van der Waals surface area contributed by atoms with Crippen molar-refractivity contribution >= 4 is 5.78 Å². The summed E-state index contributed by atoms with van der Waals surface area (Å²) >= 11 is 0. The standard InChI is InChI=1S/C14H18O2/c1-3-11(15)5-9-4-10-6-12(9)13-7-16-8(2)14(10)13/h3,9-10,12-14H,1-2,4-7H2. The maximum absolute atomic E-state index is 11.4. The Labute approximate surface area is 96.4 Å². The molecule has 0 aromatic heterocycles. The van der Waals surface area contributed by atoms with E-state index in [1.807, 2.05) is 0 Å². The van der Waals surface area contributed by atoms with Crippen LogP contribution >= 0.6 is 0 Å². The second-order valence-electron chi connectivity index (χ2n) is 5.50. The fourth-order valence-corrected chi connectivity index (χ4v) is 4.24. The molecule has 0 aromatic carbocycles. The number of fused-ring (bicyclic) bond motifs is 5. The number of carbonyl (C=O) groups is 1. The van der Waals surface area contributed by atoms with Gasteiger partial charge in [-0.1, -0.05) is 13.2 Å². The minimum atomic E-state index is 0.201. The van der Waals surface area contributed by atoms with Crippen LogP contribution in [0.1, 0.15) is 19.3 Å². The van der Waals surface area contributed by atoms with E-state index in [1.165, 1.54) is 18.9 Å². The maximum Gasteiger partial charge on any atom is 0.155 e. The summed E-state index contributed by atoms with van der Waals surface area (Å²) in [4.78, 5) is 11.4. The molecular weight excluding hydrogens is 200 g/mol. The minimum absolute atomic E-state index is 0.201. The highest BCUT2D eigenvalue weighted by Gasteiger charge is 2.56. The Morgan fingerprint density at radius 2 is 2.25 bits per heavy atom. The van der Waals surface area contributed by atoms with Crippen LogP contribution in [0.4, 0.5) is 0 Å². The van der Waals surface area contributed by atoms with Gasteiger partial charge in [0.1, 0.15) is 0 Å². The van der Waals surface area contributed by atoms with Crippen molar-refractivity contribution in [1.82, 2.24) is 0 Å². The number of hydrogen-bond donors (Lipinski definition) is 0. The third-order valence-electron chi connectivity index (χ3n) is 4.83. The number of hydrogen-bond acceptors (Lipinski definition) is 2. The Hall–Kier alpha value is -1.05. The van der Waals surface area contributed by atoms with E-state index in [0.29, 0.717) is 30.1 Å². The van der Waals surface area contributed by atoms with Gasteiger partial charge in [0.15, 0.2) is 5.78 Å². The molecule has 3 aliphatic rings. The maximum atomic E-state index is 11.4. The van der Waals surface area contributed by atoms with E-state index in [2.05, 4.69) is 13.2 Å². The molecule has 3 rings (SSSR count). The lowest BCUT2D eigenvalue weighted by Crippen LogP contribution is -2.27. The van der Waals surface area contributed by atoms with Gasteiger partial charge in [-0.05, 0) is 36.7 Å². The van der Waals surface area contributed by atoms with Crippen LogP contribution in [0.15, 0.2) is 25.0 Å². The number of ether oxygens (including phenoxy) is 1. The zero-order valence-corrected chi connectivity index (χ0v) is 9.52. The summed E-state index contributed by atoms with van der Waals surface area (Å²) in [6, 6.07) is 0. The van der Waals surface area contributed by atoms with Crippen LogP contribution in [-0.2, 0) is 9.53 Å². The molecule has 2 saturated carbocycles. The van der Waals surface area contributed by atoms with E-state index in [0.717, 1.165) is 18.3 Å². The van der Waals surface area contributed by atoms with Gasteiger partial charge in [0.05, 0.1) is 12.4 Å². The van der Waals surface area contributed by atoms with Crippen LogP contribution in [0.5, 0.6) is 0 Å². The molecule has 2 nitrogen and oxygen atoms in total. The molecule has 1 heterocycles. The van der Waals surface area contributed by atoms with E-state index >= 15 is 0 Å². The molecule has 0 spiro atoms. The average Bonchev–Trinajstić information content (AvgIpc) is 2.91. The largest absolute Gasteiger partial charge is 0.498 e. The summed E-state index contributed by atoms with van der Waals surface area (Å²) in [5.41, 5.74) is 0. The quantitative estimate of drug-likeness (QED) is 0.680. The fourth-order valence-electron chi connectivity index (χ4n) is 4.24. The van der Waals surface area contributed by atoms with Crippen molar-refractivity contribution < 1.29 is 9.53 Å². The molecule has 3 fully saturated rings. The molecule has 86 valence electrons. The molecule has 5 unspecified atom stereocenters. The SMILES string of the molecule is C=CC(=O)CC1CC2CC1C1COC(=C)C21. The Morgan fingerprint density at radius 1 is 1.44 bits per heavy atom. The smallest absolute Gasteiger partial charge is 0.155 e. The molecule has 2 heteroatoms. The number of allylic oxidation sites excluding steroid dienone is 2. The van der Waals surface area contributed by atoms with Crippen molar-refractivity contribution in [2.75, 3.05) is 6.61 Å². The lowest BCUT2D eigenvalue weighted by molar-refractivity contribution is -0.116. The van der Waals surface area contributed by atoms with Gasteiger partial charge in [-0.15, -0.1) is 0 Å². The topological polar surface area (TPSA) is 26.3 Å². The third kappa shape index (κ3) is 1.28. The lowest BCUT2D eigenvalue weighted by Gasteiger charge is -2.29. The van der Waals surface area contributed by atoms with Gasteiger partial charge in [0.2, 0.25) is 0 Å². The van der Waals surface area contributed by atoms with Gasteiger partial charge in [-0.3, -0.25) is 4.79 Å². The predicted molar refractivity (Wildman–Crippen MR) is 61.6 cm³/mol. The monoisotopic (exact) mass is 218 g/mol. The zero-order chi connectivity index (χ0) is 11.3. The van der Waals surface area contributed by atoms with Gasteiger partial charge in [-0.2, -0.15) is 0 Å². The first-order chi connectivity index (χ1) is 7.70. The van der Waals surface area contributed by atoms with Gasteiger partial charge in [0, 0.05) is 18.3 Å². The van der Waals surface area contributed by atoms with Crippen LogP contribution in [0, 0.1) is 29.6 Å². The highest BCUT2D eigenvalue weighted by atomic mass is 16.5. The highest BCUT2D eigenvalue weighted by Crippen LogP contribution is 2.60. The highest BCUT2D eigenvalue weighted by molar-refractivity contribution is 5.89. The lowest BCUT2D eigenvalue weighted by atomic mass is 9.73. The van der Waals surface area contributed by atoms with E-state index in [1.54, 1.807) is 0 Å². The van der Waals surface area contributed by atoms with Gasteiger partial charge in [-0.25, -0.2) is 0 Å². The summed E-state index contributed by atoms with van der Waals surface area (Å²) in [5, 5.41) is 0. The second kappa shape index (κ2) is 3.47. The molecule has 2 aliphatic carbocycles. The molecule has 16 heavy (non-hydrogen) atoms. The van der Waals surface area contributed by atoms with E-state index in [-0.39, 0.29) is 5.78 Å². The number of rotatable bonds is 3. The molecule has 0 N–H and O–H groups in total. The first-order valence-corrected chi connectivity index (χ1v) is 6.17. The van der Waals surface area contributed by atoms with Crippen molar-refractivity contribution in [3.8, 4) is 0 Å². The van der Waals surface area contributed by atoms with Crippen LogP contribution in [-0.4, -0.2) is 12.4 Å². The van der Waals surface area contributed by atoms with Gasteiger partial charge in [0.25, 0.3) is 0 Å². The Morgan fingerprint density at radius 3 is 3.00 bits per heavy atom. The molecule has 5 atom stereocenters. The Balaban J connectivity index is 1.74. The number of carbonyl (C=O) groups excluding carboxylic acids is 1. The summed E-state index contributed by atoms with van der Waals surface area (Å²) in [6.45, 7) is 8.40. The molecule has 0 aromatic rings. The van der Waals surface area contributed by atoms with Crippen molar-refractivity contribution in [2.45, 2.75) is 19.3 Å². The van der Waals surface area contributed by atoms with Crippen molar-refractivity contribution in [2.24, 2.45) is 29.6 Å². The van der Waals surface area contributed by atoms with E-state index in [9.17, 15) is 4.79 Å². The molecule has 1 saturated heterocycles. The fraction of sp³-hybridized carbons (Fsp3) is 0.643. The van der Waals surface area contributed by atoms with Crippen molar-refractivity contribution in [1.29, 1.82) is 0 Å². The first-order valence-electron chi connectivity index (χ1n) is 6.17. The average molecular weight is 218 g/mol.